The predicted molar refractivity (Wildman–Crippen MR) is 104 cm³/mol. The Morgan fingerprint density at radius 2 is 1.96 bits per heavy atom. The number of rotatable bonds is 7. The molecule has 8 heteroatoms. The summed E-state index contributed by atoms with van der Waals surface area (Å²) < 4.78 is 10.4. The second-order valence-corrected chi connectivity index (χ2v) is 6.20. The lowest BCUT2D eigenvalue weighted by atomic mass is 10.1. The highest BCUT2D eigenvalue weighted by Crippen LogP contribution is 2.23. The predicted octanol–water partition coefficient (Wildman–Crippen LogP) is 3.38. The highest BCUT2D eigenvalue weighted by atomic mass is 35.5. The maximum Gasteiger partial charge on any atom is 0.340 e. The largest absolute Gasteiger partial charge is 0.482 e. The number of halogens is 1. The number of esters is 1. The molecule has 0 bridgehead atoms. The summed E-state index contributed by atoms with van der Waals surface area (Å²) >= 11 is 5.97. The van der Waals surface area contributed by atoms with Crippen molar-refractivity contribution in [2.45, 2.75) is 27.7 Å². The van der Waals surface area contributed by atoms with E-state index in [9.17, 15) is 9.59 Å². The Bertz CT molecular complexity index is 874. The van der Waals surface area contributed by atoms with E-state index in [4.69, 9.17) is 21.1 Å². The van der Waals surface area contributed by atoms with E-state index in [0.29, 0.717) is 45.6 Å². The van der Waals surface area contributed by atoms with Gasteiger partial charge in [-0.15, -0.1) is 0 Å². The lowest BCUT2D eigenvalue weighted by Gasteiger charge is -2.07. The molecule has 0 saturated carbocycles. The number of hydrogen-bond donors (Lipinski definition) is 2. The fourth-order valence-corrected chi connectivity index (χ4v) is 2.75. The molecule has 2 aromatic rings. The number of hydrogen-bond acceptors (Lipinski definition) is 5. The molecule has 7 nitrogen and oxygen atoms in total. The topological polar surface area (TPSA) is 92.8 Å². The monoisotopic (exact) mass is 391 g/mol. The molecule has 144 valence electrons. The lowest BCUT2D eigenvalue weighted by molar-refractivity contribution is -0.123. The normalized spacial score (nSPS) is 11.2. The fourth-order valence-electron chi connectivity index (χ4n) is 2.56. The summed E-state index contributed by atoms with van der Waals surface area (Å²) in [4.78, 5) is 27.1. The van der Waals surface area contributed by atoms with Crippen LogP contribution in [0.3, 0.4) is 0 Å². The van der Waals surface area contributed by atoms with Crippen LogP contribution >= 0.6 is 11.6 Å². The van der Waals surface area contributed by atoms with Gasteiger partial charge in [0.2, 0.25) is 0 Å². The van der Waals surface area contributed by atoms with Crippen LogP contribution in [0.2, 0.25) is 5.02 Å². The van der Waals surface area contributed by atoms with Gasteiger partial charge < -0.3 is 14.5 Å². The number of amides is 1. The Kier molecular flexibility index (Phi) is 7.01. The Morgan fingerprint density at radius 3 is 2.63 bits per heavy atom. The van der Waals surface area contributed by atoms with E-state index in [-0.39, 0.29) is 12.6 Å². The molecule has 0 aliphatic rings. The molecule has 0 atom stereocenters. The minimum absolute atomic E-state index is 0.225. The number of H-pyrrole nitrogens is 1. The first-order valence-electron chi connectivity index (χ1n) is 8.42. The molecule has 0 saturated heterocycles. The summed E-state index contributed by atoms with van der Waals surface area (Å²) in [5.41, 5.74) is 5.49. The second kappa shape index (κ2) is 9.23. The van der Waals surface area contributed by atoms with Crippen molar-refractivity contribution in [3.8, 4) is 5.75 Å². The quantitative estimate of drug-likeness (QED) is 0.430. The van der Waals surface area contributed by atoms with Gasteiger partial charge in [-0.05, 0) is 45.4 Å². The van der Waals surface area contributed by atoms with Crippen molar-refractivity contribution in [1.82, 2.24) is 10.4 Å². The van der Waals surface area contributed by atoms with Crippen LogP contribution < -0.4 is 10.2 Å². The maximum absolute atomic E-state index is 12.1. The Morgan fingerprint density at radius 1 is 1.26 bits per heavy atom. The van der Waals surface area contributed by atoms with Gasteiger partial charge in [0.25, 0.3) is 5.91 Å². The van der Waals surface area contributed by atoms with Crippen molar-refractivity contribution < 1.29 is 19.1 Å². The molecule has 27 heavy (non-hydrogen) atoms. The number of aryl methyl sites for hydroxylation is 1. The number of benzene rings is 1. The van der Waals surface area contributed by atoms with Gasteiger partial charge in [-0.25, -0.2) is 10.2 Å². The number of aromatic nitrogens is 1. The Hall–Kier alpha value is -2.80. The summed E-state index contributed by atoms with van der Waals surface area (Å²) in [6.07, 6.45) is 0. The number of ether oxygens (including phenoxy) is 2. The minimum atomic E-state index is -0.430. The zero-order valence-corrected chi connectivity index (χ0v) is 16.4. The molecule has 0 radical (unpaired) electrons. The molecule has 1 aromatic carbocycles. The zero-order valence-electron chi connectivity index (χ0n) is 15.7. The molecule has 1 amide bonds. The Balaban J connectivity index is 2.03. The number of carbonyl (C=O) groups excluding carboxylic acids is 2. The number of aromatic amines is 1. The van der Waals surface area contributed by atoms with Crippen LogP contribution in [0.15, 0.2) is 29.4 Å². The molecular formula is C19H22ClN3O4. The molecule has 1 aromatic heterocycles. The molecule has 0 aliphatic carbocycles. The van der Waals surface area contributed by atoms with Crippen LogP contribution in [-0.2, 0) is 9.53 Å². The van der Waals surface area contributed by atoms with Crippen molar-refractivity contribution in [3.05, 3.63) is 51.8 Å². The van der Waals surface area contributed by atoms with E-state index in [2.05, 4.69) is 15.5 Å². The van der Waals surface area contributed by atoms with Gasteiger partial charge in [-0.1, -0.05) is 23.7 Å². The van der Waals surface area contributed by atoms with Gasteiger partial charge >= 0.3 is 5.97 Å². The van der Waals surface area contributed by atoms with E-state index >= 15 is 0 Å². The minimum Gasteiger partial charge on any atom is -0.482 e. The molecule has 2 rings (SSSR count). The van der Waals surface area contributed by atoms with Crippen LogP contribution in [-0.4, -0.2) is 35.8 Å². The van der Waals surface area contributed by atoms with Gasteiger partial charge in [-0.3, -0.25) is 4.79 Å². The van der Waals surface area contributed by atoms with Crippen molar-refractivity contribution in [3.63, 3.8) is 0 Å². The van der Waals surface area contributed by atoms with Crippen molar-refractivity contribution in [2.24, 2.45) is 5.10 Å². The first-order valence-corrected chi connectivity index (χ1v) is 8.80. The van der Waals surface area contributed by atoms with Crippen LogP contribution in [0.4, 0.5) is 0 Å². The summed E-state index contributed by atoms with van der Waals surface area (Å²) in [7, 11) is 0. The molecule has 0 unspecified atom stereocenters. The first kappa shape index (κ1) is 20.5. The van der Waals surface area contributed by atoms with E-state index in [1.54, 1.807) is 52.0 Å². The number of nitrogens with one attached hydrogen (secondary N) is 2. The number of nitrogens with zero attached hydrogens (tertiary/aromatic N) is 1. The lowest BCUT2D eigenvalue weighted by Crippen LogP contribution is -2.25. The molecule has 0 fully saturated rings. The third kappa shape index (κ3) is 5.10. The van der Waals surface area contributed by atoms with E-state index in [1.807, 2.05) is 0 Å². The highest BCUT2D eigenvalue weighted by Gasteiger charge is 2.20. The van der Waals surface area contributed by atoms with Crippen LogP contribution in [0.25, 0.3) is 0 Å². The van der Waals surface area contributed by atoms with Crippen LogP contribution in [0.1, 0.15) is 41.2 Å². The number of carbonyl (C=O) groups is 2. The van der Waals surface area contributed by atoms with E-state index in [0.717, 1.165) is 0 Å². The first-order chi connectivity index (χ1) is 12.8. The number of hydrazone groups is 1. The summed E-state index contributed by atoms with van der Waals surface area (Å²) in [6, 6.07) is 6.88. The van der Waals surface area contributed by atoms with Gasteiger partial charge in [0, 0.05) is 5.69 Å². The second-order valence-electron chi connectivity index (χ2n) is 5.80. The molecule has 0 aliphatic heterocycles. The maximum atomic E-state index is 12.1. The average Bonchev–Trinajstić information content (AvgIpc) is 2.93. The van der Waals surface area contributed by atoms with Crippen molar-refractivity contribution in [1.29, 1.82) is 0 Å². The van der Waals surface area contributed by atoms with E-state index in [1.165, 1.54) is 0 Å². The van der Waals surface area contributed by atoms with Gasteiger partial charge in [0.1, 0.15) is 5.75 Å². The summed E-state index contributed by atoms with van der Waals surface area (Å²) in [5.74, 6) is -0.397. The third-order valence-corrected chi connectivity index (χ3v) is 4.13. The Labute approximate surface area is 162 Å². The molecular weight excluding hydrogens is 370 g/mol. The van der Waals surface area contributed by atoms with Gasteiger partial charge in [-0.2, -0.15) is 5.10 Å². The van der Waals surface area contributed by atoms with Gasteiger partial charge in [0.05, 0.1) is 28.6 Å². The molecule has 2 N–H and O–H groups in total. The highest BCUT2D eigenvalue weighted by molar-refractivity contribution is 6.32. The summed E-state index contributed by atoms with van der Waals surface area (Å²) in [5, 5.41) is 4.50. The fraction of sp³-hybridized carbons (Fsp3) is 0.316. The summed E-state index contributed by atoms with van der Waals surface area (Å²) in [6.45, 7) is 7.13. The molecule has 1 heterocycles. The smallest absolute Gasteiger partial charge is 0.340 e. The van der Waals surface area contributed by atoms with Crippen LogP contribution in [0, 0.1) is 13.8 Å². The SMILES string of the molecule is CCOC(=O)c1c(C)[nH]c(/C(C)=N/NC(=O)COc2ccccc2Cl)c1C. The van der Waals surface area contributed by atoms with Gasteiger partial charge in [0.15, 0.2) is 6.61 Å². The number of para-hydroxylation sites is 1. The molecule has 0 spiro atoms. The van der Waals surface area contributed by atoms with Crippen molar-refractivity contribution >= 4 is 29.2 Å². The van der Waals surface area contributed by atoms with E-state index < -0.39 is 5.91 Å². The zero-order chi connectivity index (χ0) is 20.0. The third-order valence-electron chi connectivity index (χ3n) is 3.82. The standard InChI is InChI=1S/C19H22ClN3O4/c1-5-26-19(25)17-11(2)18(21-12(17)3)13(4)22-23-16(24)10-27-15-9-7-6-8-14(15)20/h6-9,21H,5,10H2,1-4H3,(H,23,24)/b22-13+. The van der Waals surface area contributed by atoms with Crippen molar-refractivity contribution in [2.75, 3.05) is 13.2 Å². The average molecular weight is 392 g/mol. The van der Waals surface area contributed by atoms with Crippen LogP contribution in [0.5, 0.6) is 5.75 Å².